The molecule has 0 unspecified atom stereocenters. The van der Waals surface area contributed by atoms with Crippen molar-refractivity contribution in [3.63, 3.8) is 0 Å². The summed E-state index contributed by atoms with van der Waals surface area (Å²) in [5, 5.41) is 9.84. The maximum Gasteiger partial charge on any atom is 0.257 e. The summed E-state index contributed by atoms with van der Waals surface area (Å²) in [5.74, 6) is 0. The molecule has 4 rings (SSSR count). The minimum absolute atomic E-state index is 0.119. The summed E-state index contributed by atoms with van der Waals surface area (Å²) in [4.78, 5) is 12.8. The first-order valence-corrected chi connectivity index (χ1v) is 7.88. The molecule has 0 saturated carbocycles. The number of para-hydroxylation sites is 2. The molecule has 0 amide bonds. The minimum atomic E-state index is -0.119. The van der Waals surface area contributed by atoms with Crippen LogP contribution in [0.25, 0.3) is 27.8 Å². The number of rotatable bonds is 2. The van der Waals surface area contributed by atoms with E-state index in [1.165, 1.54) is 0 Å². The van der Waals surface area contributed by atoms with Gasteiger partial charge in [-0.15, -0.1) is 0 Å². The molecule has 4 aromatic rings. The van der Waals surface area contributed by atoms with Crippen molar-refractivity contribution in [2.75, 3.05) is 0 Å². The van der Waals surface area contributed by atoms with E-state index in [0.717, 1.165) is 16.6 Å². The Bertz CT molecular complexity index is 1160. The molecule has 2 heterocycles. The molecule has 4 nitrogen and oxygen atoms in total. The number of aromatic nitrogens is 2. The molecular weight excluding hydrogens is 298 g/mol. The van der Waals surface area contributed by atoms with Crippen LogP contribution in [0.2, 0.25) is 0 Å². The smallest absolute Gasteiger partial charge is 0.257 e. The van der Waals surface area contributed by atoms with Crippen molar-refractivity contribution in [1.29, 1.82) is 5.26 Å². The summed E-state index contributed by atoms with van der Waals surface area (Å²) in [6.45, 7) is 2.70. The second kappa shape index (κ2) is 5.39. The molecule has 0 aliphatic heterocycles. The van der Waals surface area contributed by atoms with Crippen LogP contribution in [-0.4, -0.2) is 8.97 Å². The van der Waals surface area contributed by atoms with Gasteiger partial charge in [-0.2, -0.15) is 5.26 Å². The Hall–Kier alpha value is -3.32. The maximum absolute atomic E-state index is 12.8. The predicted molar refractivity (Wildman–Crippen MR) is 95.0 cm³/mol. The van der Waals surface area contributed by atoms with Crippen molar-refractivity contribution in [3.8, 4) is 17.2 Å². The first kappa shape index (κ1) is 14.3. The number of nitriles is 1. The normalized spacial score (nSPS) is 11.0. The van der Waals surface area contributed by atoms with Crippen molar-refractivity contribution < 1.29 is 0 Å². The highest BCUT2D eigenvalue weighted by Crippen LogP contribution is 2.28. The van der Waals surface area contributed by atoms with Crippen molar-refractivity contribution in [2.24, 2.45) is 0 Å². The molecule has 116 valence electrons. The van der Waals surface area contributed by atoms with Crippen LogP contribution < -0.4 is 5.56 Å². The van der Waals surface area contributed by atoms with Gasteiger partial charge < -0.3 is 4.57 Å². The third-order valence-corrected chi connectivity index (χ3v) is 4.37. The quantitative estimate of drug-likeness (QED) is 0.565. The molecule has 0 N–H and O–H groups in total. The van der Waals surface area contributed by atoms with Gasteiger partial charge in [0.2, 0.25) is 0 Å². The molecule has 0 spiro atoms. The van der Waals surface area contributed by atoms with Gasteiger partial charge >= 0.3 is 0 Å². The summed E-state index contributed by atoms with van der Waals surface area (Å²) in [7, 11) is 0. The van der Waals surface area contributed by atoms with Gasteiger partial charge in [-0.25, -0.2) is 0 Å². The summed E-state index contributed by atoms with van der Waals surface area (Å²) in [6, 6.07) is 21.2. The Morgan fingerprint density at radius 3 is 2.33 bits per heavy atom. The molecule has 4 heteroatoms. The van der Waals surface area contributed by atoms with Gasteiger partial charge in [0.1, 0.15) is 17.3 Å². The van der Waals surface area contributed by atoms with Crippen molar-refractivity contribution >= 4 is 16.7 Å². The van der Waals surface area contributed by atoms with Gasteiger partial charge in [0.25, 0.3) is 5.56 Å². The summed E-state index contributed by atoms with van der Waals surface area (Å²) >= 11 is 0. The van der Waals surface area contributed by atoms with Crippen LogP contribution in [0.1, 0.15) is 12.5 Å². The monoisotopic (exact) mass is 313 g/mol. The van der Waals surface area contributed by atoms with Crippen LogP contribution in [-0.2, 0) is 6.54 Å². The van der Waals surface area contributed by atoms with Gasteiger partial charge in [0, 0.05) is 18.2 Å². The average Bonchev–Trinajstić information content (AvgIpc) is 2.97. The SMILES string of the molecule is CCn1c2ccccc2n2c(=O)cc(-c3ccccc3)c(C#N)c12. The third kappa shape index (κ3) is 1.88. The molecule has 0 saturated heterocycles. The zero-order valence-corrected chi connectivity index (χ0v) is 13.2. The van der Waals surface area contributed by atoms with Crippen molar-refractivity contribution in [3.05, 3.63) is 76.6 Å². The van der Waals surface area contributed by atoms with E-state index in [2.05, 4.69) is 6.07 Å². The fourth-order valence-electron chi connectivity index (χ4n) is 3.36. The van der Waals surface area contributed by atoms with E-state index in [-0.39, 0.29) is 5.56 Å². The molecule has 0 aliphatic carbocycles. The number of pyridine rings is 1. The van der Waals surface area contributed by atoms with E-state index in [0.29, 0.717) is 23.3 Å². The third-order valence-electron chi connectivity index (χ3n) is 4.37. The molecule has 0 bridgehead atoms. The standard InChI is InChI=1S/C20H15N3O/c1-2-22-17-10-6-7-11-18(17)23-19(24)12-15(16(13-21)20(22)23)14-8-4-3-5-9-14/h3-12H,2H2,1H3. The number of hydrogen-bond acceptors (Lipinski definition) is 2. The Balaban J connectivity index is 2.27. The van der Waals surface area contributed by atoms with E-state index in [1.54, 1.807) is 10.5 Å². The van der Waals surface area contributed by atoms with Crippen molar-refractivity contribution in [1.82, 2.24) is 8.97 Å². The first-order chi connectivity index (χ1) is 11.8. The topological polar surface area (TPSA) is 50.2 Å². The van der Waals surface area contributed by atoms with Gasteiger partial charge in [0.15, 0.2) is 0 Å². The van der Waals surface area contributed by atoms with Crippen LogP contribution >= 0.6 is 0 Å². The summed E-state index contributed by atoms with van der Waals surface area (Å²) < 4.78 is 3.67. The molecule has 0 fully saturated rings. The average molecular weight is 313 g/mol. The fraction of sp³-hybridized carbons (Fsp3) is 0.100. The van der Waals surface area contributed by atoms with Crippen LogP contribution in [0.15, 0.2) is 65.5 Å². The number of fused-ring (bicyclic) bond motifs is 3. The van der Waals surface area contributed by atoms with E-state index in [4.69, 9.17) is 0 Å². The molecule has 0 radical (unpaired) electrons. The first-order valence-electron chi connectivity index (χ1n) is 7.88. The van der Waals surface area contributed by atoms with Gasteiger partial charge in [-0.1, -0.05) is 42.5 Å². The number of imidazole rings is 1. The largest absolute Gasteiger partial charge is 0.325 e. The number of hydrogen-bond donors (Lipinski definition) is 0. The van der Waals surface area contributed by atoms with Gasteiger partial charge in [0.05, 0.1) is 11.0 Å². The molecular formula is C20H15N3O. The lowest BCUT2D eigenvalue weighted by Crippen LogP contribution is -2.14. The Morgan fingerprint density at radius 1 is 1.00 bits per heavy atom. The highest BCUT2D eigenvalue weighted by atomic mass is 16.1. The molecule has 2 aromatic carbocycles. The minimum Gasteiger partial charge on any atom is -0.325 e. The highest BCUT2D eigenvalue weighted by molar-refractivity contribution is 5.87. The summed E-state index contributed by atoms with van der Waals surface area (Å²) in [6.07, 6.45) is 0. The Kier molecular flexibility index (Phi) is 3.21. The van der Waals surface area contributed by atoms with Crippen molar-refractivity contribution in [2.45, 2.75) is 13.5 Å². The number of aryl methyl sites for hydroxylation is 1. The number of nitrogens with zero attached hydrogens (tertiary/aromatic N) is 3. The van der Waals surface area contributed by atoms with E-state index >= 15 is 0 Å². The molecule has 24 heavy (non-hydrogen) atoms. The van der Waals surface area contributed by atoms with Crippen LogP contribution in [0.3, 0.4) is 0 Å². The highest BCUT2D eigenvalue weighted by Gasteiger charge is 2.18. The van der Waals surface area contributed by atoms with E-state index in [1.807, 2.05) is 66.1 Å². The molecule has 0 atom stereocenters. The molecule has 0 aliphatic rings. The van der Waals surface area contributed by atoms with E-state index < -0.39 is 0 Å². The van der Waals surface area contributed by atoms with Crippen LogP contribution in [0.5, 0.6) is 0 Å². The lowest BCUT2D eigenvalue weighted by atomic mass is 10.0. The Labute approximate surface area is 138 Å². The summed E-state index contributed by atoms with van der Waals surface area (Å²) in [5.41, 5.74) is 4.41. The van der Waals surface area contributed by atoms with Gasteiger partial charge in [-0.3, -0.25) is 9.20 Å². The lowest BCUT2D eigenvalue weighted by Gasteiger charge is -2.08. The second-order valence-electron chi connectivity index (χ2n) is 5.64. The fourth-order valence-corrected chi connectivity index (χ4v) is 3.36. The second-order valence-corrected chi connectivity index (χ2v) is 5.64. The zero-order chi connectivity index (χ0) is 16.7. The number of benzene rings is 2. The van der Waals surface area contributed by atoms with Crippen LogP contribution in [0, 0.1) is 11.3 Å². The lowest BCUT2D eigenvalue weighted by molar-refractivity contribution is 0.812. The maximum atomic E-state index is 12.8. The van der Waals surface area contributed by atoms with E-state index in [9.17, 15) is 10.1 Å². The Morgan fingerprint density at radius 2 is 1.67 bits per heavy atom. The predicted octanol–water partition coefficient (Wildman–Crippen LogP) is 3.81. The molecule has 2 aromatic heterocycles. The zero-order valence-electron chi connectivity index (χ0n) is 13.2. The van der Waals surface area contributed by atoms with Gasteiger partial charge in [-0.05, 0) is 24.6 Å². The van der Waals surface area contributed by atoms with Crippen LogP contribution in [0.4, 0.5) is 0 Å².